The molecule has 0 saturated carbocycles. The maximum atomic E-state index is 11.8. The number of rotatable bonds is 4. The molecule has 1 atom stereocenters. The third-order valence-electron chi connectivity index (χ3n) is 2.57. The van der Waals surface area contributed by atoms with Gasteiger partial charge in [0.2, 0.25) is 11.8 Å². The Morgan fingerprint density at radius 3 is 2.72 bits per heavy atom. The Kier molecular flexibility index (Phi) is 3.72. The summed E-state index contributed by atoms with van der Waals surface area (Å²) in [6.07, 6.45) is 0.133. The second-order valence-corrected chi connectivity index (χ2v) is 4.11. The van der Waals surface area contributed by atoms with E-state index in [0.29, 0.717) is 11.7 Å². The lowest BCUT2D eigenvalue weighted by atomic mass is 10.1. The molecule has 1 unspecified atom stereocenters. The fourth-order valence-corrected chi connectivity index (χ4v) is 1.67. The second-order valence-electron chi connectivity index (χ2n) is 4.11. The first-order chi connectivity index (χ1) is 8.65. The van der Waals surface area contributed by atoms with Crippen LogP contribution in [0.15, 0.2) is 34.9 Å². The molecular weight excluding hydrogens is 230 g/mol. The summed E-state index contributed by atoms with van der Waals surface area (Å²) < 4.78 is 4.81. The van der Waals surface area contributed by atoms with E-state index in [2.05, 4.69) is 15.5 Å². The molecule has 0 fully saturated rings. The zero-order valence-corrected chi connectivity index (χ0v) is 10.4. The van der Waals surface area contributed by atoms with Crippen LogP contribution in [0.1, 0.15) is 30.2 Å². The van der Waals surface area contributed by atoms with Crippen molar-refractivity contribution >= 4 is 5.91 Å². The number of carbonyl (C=O) groups excluding carboxylic acids is 1. The van der Waals surface area contributed by atoms with Gasteiger partial charge in [-0.3, -0.25) is 4.79 Å². The van der Waals surface area contributed by atoms with Gasteiger partial charge in [0.25, 0.3) is 0 Å². The van der Waals surface area contributed by atoms with Gasteiger partial charge in [-0.2, -0.15) is 4.98 Å². The molecule has 0 spiro atoms. The molecule has 0 saturated heterocycles. The highest BCUT2D eigenvalue weighted by Gasteiger charge is 2.12. The SMILES string of the molecule is Cc1nc(CC(=O)NC(C)c2ccccc2)no1. The largest absolute Gasteiger partial charge is 0.349 e. The van der Waals surface area contributed by atoms with Gasteiger partial charge in [-0.05, 0) is 12.5 Å². The van der Waals surface area contributed by atoms with Crippen LogP contribution < -0.4 is 5.32 Å². The zero-order valence-electron chi connectivity index (χ0n) is 10.4. The van der Waals surface area contributed by atoms with Gasteiger partial charge >= 0.3 is 0 Å². The van der Waals surface area contributed by atoms with Gasteiger partial charge in [-0.1, -0.05) is 35.5 Å². The van der Waals surface area contributed by atoms with Gasteiger partial charge in [0.1, 0.15) is 0 Å². The predicted molar refractivity (Wildman–Crippen MR) is 65.7 cm³/mol. The number of amides is 1. The molecule has 0 aliphatic carbocycles. The number of aryl methyl sites for hydroxylation is 1. The molecule has 2 aromatic rings. The molecule has 0 aliphatic heterocycles. The second kappa shape index (κ2) is 5.44. The fourth-order valence-electron chi connectivity index (χ4n) is 1.67. The third kappa shape index (κ3) is 3.16. The van der Waals surface area contributed by atoms with Crippen molar-refractivity contribution in [3.63, 3.8) is 0 Å². The van der Waals surface area contributed by atoms with E-state index < -0.39 is 0 Å². The van der Waals surface area contributed by atoms with Crippen LogP contribution in [0.3, 0.4) is 0 Å². The molecule has 1 aromatic carbocycles. The van der Waals surface area contributed by atoms with E-state index in [9.17, 15) is 4.79 Å². The minimum atomic E-state index is -0.118. The normalized spacial score (nSPS) is 12.1. The Balaban J connectivity index is 1.92. The molecule has 94 valence electrons. The molecule has 1 heterocycles. The number of nitrogens with zero attached hydrogens (tertiary/aromatic N) is 2. The lowest BCUT2D eigenvalue weighted by Crippen LogP contribution is -2.28. The van der Waals surface area contributed by atoms with E-state index in [0.717, 1.165) is 5.56 Å². The molecule has 0 bridgehead atoms. The zero-order chi connectivity index (χ0) is 13.0. The van der Waals surface area contributed by atoms with E-state index in [1.165, 1.54) is 0 Å². The maximum Gasteiger partial charge on any atom is 0.228 e. The molecule has 0 aliphatic rings. The number of nitrogens with one attached hydrogen (secondary N) is 1. The number of carbonyl (C=O) groups is 1. The Bertz CT molecular complexity index is 522. The summed E-state index contributed by atoms with van der Waals surface area (Å²) in [7, 11) is 0. The van der Waals surface area contributed by atoms with Gasteiger partial charge in [0.15, 0.2) is 5.82 Å². The van der Waals surface area contributed by atoms with Crippen molar-refractivity contribution < 1.29 is 9.32 Å². The van der Waals surface area contributed by atoms with Crippen LogP contribution in [0.25, 0.3) is 0 Å². The molecule has 1 aromatic heterocycles. The van der Waals surface area contributed by atoms with Crippen molar-refractivity contribution in [2.24, 2.45) is 0 Å². The molecule has 1 N–H and O–H groups in total. The minimum absolute atomic E-state index is 0.0355. The Morgan fingerprint density at radius 2 is 2.11 bits per heavy atom. The highest BCUT2D eigenvalue weighted by atomic mass is 16.5. The number of hydrogen-bond donors (Lipinski definition) is 1. The van der Waals surface area contributed by atoms with Crippen molar-refractivity contribution in [1.82, 2.24) is 15.5 Å². The molecule has 1 amide bonds. The van der Waals surface area contributed by atoms with Crippen molar-refractivity contribution in [3.05, 3.63) is 47.6 Å². The molecule has 0 radical (unpaired) electrons. The van der Waals surface area contributed by atoms with Crippen LogP contribution in [0, 0.1) is 6.92 Å². The van der Waals surface area contributed by atoms with Crippen LogP contribution in [-0.4, -0.2) is 16.0 Å². The minimum Gasteiger partial charge on any atom is -0.349 e. The number of aromatic nitrogens is 2. The summed E-state index contributed by atoms with van der Waals surface area (Å²) >= 11 is 0. The van der Waals surface area contributed by atoms with Gasteiger partial charge in [-0.25, -0.2) is 0 Å². The first-order valence-electron chi connectivity index (χ1n) is 5.78. The maximum absolute atomic E-state index is 11.8. The Labute approximate surface area is 105 Å². The van der Waals surface area contributed by atoms with Gasteiger partial charge < -0.3 is 9.84 Å². The van der Waals surface area contributed by atoms with Crippen molar-refractivity contribution in [1.29, 1.82) is 0 Å². The van der Waals surface area contributed by atoms with Crippen molar-refractivity contribution in [3.8, 4) is 0 Å². The van der Waals surface area contributed by atoms with Crippen molar-refractivity contribution in [2.45, 2.75) is 26.3 Å². The quantitative estimate of drug-likeness (QED) is 0.891. The topological polar surface area (TPSA) is 68.0 Å². The molecule has 18 heavy (non-hydrogen) atoms. The third-order valence-corrected chi connectivity index (χ3v) is 2.57. The average Bonchev–Trinajstić information content (AvgIpc) is 2.75. The Hall–Kier alpha value is -2.17. The monoisotopic (exact) mass is 245 g/mol. The first kappa shape index (κ1) is 12.3. The standard InChI is InChI=1S/C13H15N3O2/c1-9(11-6-4-3-5-7-11)14-13(17)8-12-15-10(2)18-16-12/h3-7,9H,8H2,1-2H3,(H,14,17). The van der Waals surface area contributed by atoms with Gasteiger partial charge in [0, 0.05) is 6.92 Å². The number of benzene rings is 1. The fraction of sp³-hybridized carbons (Fsp3) is 0.308. The van der Waals surface area contributed by atoms with Crippen LogP contribution in [0.2, 0.25) is 0 Å². The average molecular weight is 245 g/mol. The number of hydrogen-bond acceptors (Lipinski definition) is 4. The summed E-state index contributed by atoms with van der Waals surface area (Å²) in [6, 6.07) is 9.75. The smallest absolute Gasteiger partial charge is 0.228 e. The van der Waals surface area contributed by atoms with Crippen LogP contribution in [0.4, 0.5) is 0 Å². The summed E-state index contributed by atoms with van der Waals surface area (Å²) in [5, 5.41) is 6.58. The van der Waals surface area contributed by atoms with Crippen molar-refractivity contribution in [2.75, 3.05) is 0 Å². The lowest BCUT2D eigenvalue weighted by Gasteiger charge is -2.13. The molecular formula is C13H15N3O2. The molecule has 2 rings (SSSR count). The molecule has 5 nitrogen and oxygen atoms in total. The first-order valence-corrected chi connectivity index (χ1v) is 5.78. The van der Waals surface area contributed by atoms with Gasteiger partial charge in [-0.15, -0.1) is 0 Å². The highest BCUT2D eigenvalue weighted by molar-refractivity contribution is 5.78. The van der Waals surface area contributed by atoms with E-state index in [-0.39, 0.29) is 18.4 Å². The van der Waals surface area contributed by atoms with Crippen LogP contribution >= 0.6 is 0 Å². The Morgan fingerprint density at radius 1 is 1.39 bits per heavy atom. The highest BCUT2D eigenvalue weighted by Crippen LogP contribution is 2.11. The van der Waals surface area contributed by atoms with E-state index >= 15 is 0 Å². The predicted octanol–water partition coefficient (Wildman–Crippen LogP) is 1.80. The summed E-state index contributed by atoms with van der Waals surface area (Å²) in [6.45, 7) is 3.63. The molecule has 5 heteroatoms. The van der Waals surface area contributed by atoms with E-state index in [1.807, 2.05) is 37.3 Å². The summed E-state index contributed by atoms with van der Waals surface area (Å²) in [4.78, 5) is 15.8. The summed E-state index contributed by atoms with van der Waals surface area (Å²) in [5.74, 6) is 0.756. The van der Waals surface area contributed by atoms with Gasteiger partial charge in [0.05, 0.1) is 12.5 Å². The van der Waals surface area contributed by atoms with E-state index in [1.54, 1.807) is 6.92 Å². The van der Waals surface area contributed by atoms with Crippen LogP contribution in [0.5, 0.6) is 0 Å². The summed E-state index contributed by atoms with van der Waals surface area (Å²) in [5.41, 5.74) is 1.06. The lowest BCUT2D eigenvalue weighted by molar-refractivity contribution is -0.121. The van der Waals surface area contributed by atoms with Crippen LogP contribution in [-0.2, 0) is 11.2 Å². The van der Waals surface area contributed by atoms with E-state index in [4.69, 9.17) is 4.52 Å².